The van der Waals surface area contributed by atoms with Gasteiger partial charge in [0.1, 0.15) is 0 Å². The topological polar surface area (TPSA) is 66.5 Å². The van der Waals surface area contributed by atoms with Gasteiger partial charge in [-0.15, -0.1) is 0 Å². The molecule has 1 fully saturated rings. The second kappa shape index (κ2) is 6.15. The van der Waals surface area contributed by atoms with Crippen LogP contribution in [0.15, 0.2) is 29.2 Å². The fourth-order valence-corrected chi connectivity index (χ4v) is 3.87. The molecule has 116 valence electrons. The molecule has 1 aromatic rings. The molecule has 0 aliphatic heterocycles. The summed E-state index contributed by atoms with van der Waals surface area (Å²) in [6.07, 6.45) is 0.906. The molecular formula is C15H22N2O3S. The number of rotatable bonds is 6. The number of carbonyl (C=O) groups excluding carboxylic acids is 1. The number of carbonyl (C=O) groups is 1. The van der Waals surface area contributed by atoms with Gasteiger partial charge in [-0.1, -0.05) is 26.8 Å². The Morgan fingerprint density at radius 3 is 2.48 bits per heavy atom. The standard InChI is InChI=1S/C15H22N2O3S/c1-4-17(5-2)21(19,20)13-8-6-7-12(10-13)16-15(18)14-9-11(14)3/h6-8,10-11,14H,4-5,9H2,1-3H3,(H,16,18)/t11-,14-/m0/s1. The zero-order valence-corrected chi connectivity index (χ0v) is 13.5. The SMILES string of the molecule is CCN(CC)S(=O)(=O)c1cccc(NC(=O)[C@H]2C[C@@H]2C)c1. The maximum absolute atomic E-state index is 12.4. The van der Waals surface area contributed by atoms with Crippen molar-refractivity contribution in [1.82, 2.24) is 4.31 Å². The van der Waals surface area contributed by atoms with Crippen LogP contribution in [0.25, 0.3) is 0 Å². The van der Waals surface area contributed by atoms with Gasteiger partial charge < -0.3 is 5.32 Å². The van der Waals surface area contributed by atoms with E-state index >= 15 is 0 Å². The Labute approximate surface area is 126 Å². The lowest BCUT2D eigenvalue weighted by Gasteiger charge is -2.18. The summed E-state index contributed by atoms with van der Waals surface area (Å²) in [6, 6.07) is 6.45. The molecule has 21 heavy (non-hydrogen) atoms. The number of hydrogen-bond donors (Lipinski definition) is 1. The maximum atomic E-state index is 12.4. The minimum absolute atomic E-state index is 0.0279. The molecule has 0 bridgehead atoms. The number of hydrogen-bond acceptors (Lipinski definition) is 3. The lowest BCUT2D eigenvalue weighted by molar-refractivity contribution is -0.117. The molecule has 5 nitrogen and oxygen atoms in total. The van der Waals surface area contributed by atoms with Crippen molar-refractivity contribution in [2.75, 3.05) is 18.4 Å². The first-order valence-electron chi connectivity index (χ1n) is 7.31. The zero-order valence-electron chi connectivity index (χ0n) is 12.7. The van der Waals surface area contributed by atoms with Crippen LogP contribution in [-0.2, 0) is 14.8 Å². The van der Waals surface area contributed by atoms with E-state index in [1.165, 1.54) is 10.4 Å². The molecule has 0 heterocycles. The van der Waals surface area contributed by atoms with Gasteiger partial charge in [-0.05, 0) is 30.5 Å². The normalized spacial score (nSPS) is 21.3. The summed E-state index contributed by atoms with van der Waals surface area (Å²) < 4.78 is 26.3. The van der Waals surface area contributed by atoms with Gasteiger partial charge in [-0.2, -0.15) is 4.31 Å². The highest BCUT2D eigenvalue weighted by Gasteiger charge is 2.39. The second-order valence-corrected chi connectivity index (χ2v) is 7.36. The van der Waals surface area contributed by atoms with E-state index in [2.05, 4.69) is 5.32 Å². The molecule has 1 N–H and O–H groups in total. The molecule has 0 unspecified atom stereocenters. The Balaban J connectivity index is 2.19. The van der Waals surface area contributed by atoms with Gasteiger partial charge in [-0.3, -0.25) is 4.79 Å². The average Bonchev–Trinajstić information content (AvgIpc) is 3.17. The highest BCUT2D eigenvalue weighted by molar-refractivity contribution is 7.89. The maximum Gasteiger partial charge on any atom is 0.243 e. The number of nitrogens with one attached hydrogen (secondary N) is 1. The van der Waals surface area contributed by atoms with E-state index < -0.39 is 10.0 Å². The highest BCUT2D eigenvalue weighted by Crippen LogP contribution is 2.38. The number of benzene rings is 1. The van der Waals surface area contributed by atoms with Gasteiger partial charge in [0.15, 0.2) is 0 Å². The van der Waals surface area contributed by atoms with Crippen molar-refractivity contribution in [1.29, 1.82) is 0 Å². The molecule has 1 saturated carbocycles. The van der Waals surface area contributed by atoms with E-state index in [0.29, 0.717) is 24.7 Å². The second-order valence-electron chi connectivity index (χ2n) is 5.43. The van der Waals surface area contributed by atoms with Crippen LogP contribution in [0.5, 0.6) is 0 Å². The molecule has 1 aromatic carbocycles. The van der Waals surface area contributed by atoms with Gasteiger partial charge in [-0.25, -0.2) is 8.42 Å². The Morgan fingerprint density at radius 1 is 1.33 bits per heavy atom. The molecule has 0 aromatic heterocycles. The van der Waals surface area contributed by atoms with E-state index in [4.69, 9.17) is 0 Å². The van der Waals surface area contributed by atoms with Crippen molar-refractivity contribution in [2.45, 2.75) is 32.1 Å². The predicted molar refractivity (Wildman–Crippen MR) is 82.4 cm³/mol. The Hall–Kier alpha value is -1.40. The molecular weight excluding hydrogens is 288 g/mol. The van der Waals surface area contributed by atoms with Gasteiger partial charge in [0.25, 0.3) is 0 Å². The van der Waals surface area contributed by atoms with Crippen LogP contribution in [-0.4, -0.2) is 31.7 Å². The number of sulfonamides is 1. The van der Waals surface area contributed by atoms with Crippen molar-refractivity contribution >= 4 is 21.6 Å². The van der Waals surface area contributed by atoms with Crippen molar-refractivity contribution < 1.29 is 13.2 Å². The Kier molecular flexibility index (Phi) is 4.68. The highest BCUT2D eigenvalue weighted by atomic mass is 32.2. The molecule has 0 spiro atoms. The number of anilines is 1. The van der Waals surface area contributed by atoms with Gasteiger partial charge in [0.05, 0.1) is 4.90 Å². The van der Waals surface area contributed by atoms with Crippen molar-refractivity contribution in [3.63, 3.8) is 0 Å². The fourth-order valence-electron chi connectivity index (χ4n) is 2.37. The minimum atomic E-state index is -3.49. The first-order chi connectivity index (χ1) is 9.90. The van der Waals surface area contributed by atoms with Crippen LogP contribution < -0.4 is 5.32 Å². The zero-order chi connectivity index (χ0) is 15.6. The van der Waals surface area contributed by atoms with Crippen LogP contribution >= 0.6 is 0 Å². The van der Waals surface area contributed by atoms with Gasteiger partial charge >= 0.3 is 0 Å². The van der Waals surface area contributed by atoms with E-state index in [-0.39, 0.29) is 16.7 Å². The van der Waals surface area contributed by atoms with Crippen molar-refractivity contribution in [2.24, 2.45) is 11.8 Å². The molecule has 2 rings (SSSR count). The van der Waals surface area contributed by atoms with Crippen LogP contribution in [0, 0.1) is 11.8 Å². The molecule has 0 radical (unpaired) electrons. The lowest BCUT2D eigenvalue weighted by atomic mass is 10.3. The van der Waals surface area contributed by atoms with Crippen LogP contribution in [0.3, 0.4) is 0 Å². The summed E-state index contributed by atoms with van der Waals surface area (Å²) in [5, 5.41) is 2.80. The summed E-state index contributed by atoms with van der Waals surface area (Å²) in [7, 11) is -3.49. The van der Waals surface area contributed by atoms with Gasteiger partial charge in [0, 0.05) is 24.7 Å². The third-order valence-corrected chi connectivity index (χ3v) is 5.94. The molecule has 1 aliphatic rings. The summed E-state index contributed by atoms with van der Waals surface area (Å²) in [5.41, 5.74) is 0.535. The third kappa shape index (κ3) is 3.44. The van der Waals surface area contributed by atoms with E-state index in [0.717, 1.165) is 6.42 Å². The minimum Gasteiger partial charge on any atom is -0.326 e. The predicted octanol–water partition coefficient (Wildman–Crippen LogP) is 2.31. The quantitative estimate of drug-likeness (QED) is 0.877. The first kappa shape index (κ1) is 16.0. The molecule has 6 heteroatoms. The lowest BCUT2D eigenvalue weighted by Crippen LogP contribution is -2.30. The van der Waals surface area contributed by atoms with E-state index in [1.807, 2.05) is 6.92 Å². The fraction of sp³-hybridized carbons (Fsp3) is 0.533. The molecule has 1 aliphatic carbocycles. The van der Waals surface area contributed by atoms with Crippen LogP contribution in [0.2, 0.25) is 0 Å². The number of nitrogens with zero attached hydrogens (tertiary/aromatic N) is 1. The molecule has 1 amide bonds. The van der Waals surface area contributed by atoms with Crippen LogP contribution in [0.1, 0.15) is 27.2 Å². The summed E-state index contributed by atoms with van der Waals surface area (Å²) in [5.74, 6) is 0.459. The average molecular weight is 310 g/mol. The first-order valence-corrected chi connectivity index (χ1v) is 8.75. The molecule has 0 saturated heterocycles. The summed E-state index contributed by atoms with van der Waals surface area (Å²) in [4.78, 5) is 12.1. The van der Waals surface area contributed by atoms with Crippen molar-refractivity contribution in [3.05, 3.63) is 24.3 Å². The summed E-state index contributed by atoms with van der Waals surface area (Å²) >= 11 is 0. The van der Waals surface area contributed by atoms with E-state index in [1.54, 1.807) is 32.0 Å². The smallest absolute Gasteiger partial charge is 0.243 e. The third-order valence-electron chi connectivity index (χ3n) is 3.89. The van der Waals surface area contributed by atoms with E-state index in [9.17, 15) is 13.2 Å². The monoisotopic (exact) mass is 310 g/mol. The van der Waals surface area contributed by atoms with Gasteiger partial charge in [0.2, 0.25) is 15.9 Å². The summed E-state index contributed by atoms with van der Waals surface area (Å²) in [6.45, 7) is 6.50. The molecule has 2 atom stereocenters. The van der Waals surface area contributed by atoms with Crippen LogP contribution in [0.4, 0.5) is 5.69 Å². The number of amides is 1. The van der Waals surface area contributed by atoms with Crippen molar-refractivity contribution in [3.8, 4) is 0 Å². The Bertz CT molecular complexity index is 624. The largest absolute Gasteiger partial charge is 0.326 e. The Morgan fingerprint density at radius 2 is 1.95 bits per heavy atom.